The zero-order valence-electron chi connectivity index (χ0n) is 14.0. The second kappa shape index (κ2) is 8.29. The maximum absolute atomic E-state index is 12.6. The lowest BCUT2D eigenvalue weighted by molar-refractivity contribution is -0.971. The first-order chi connectivity index (χ1) is 12.1. The van der Waals surface area contributed by atoms with E-state index in [4.69, 9.17) is 11.6 Å². The van der Waals surface area contributed by atoms with Crippen LogP contribution in [0.15, 0.2) is 59.5 Å². The van der Waals surface area contributed by atoms with Gasteiger partial charge in [0.15, 0.2) is 0 Å². The first kappa shape index (κ1) is 18.4. The van der Waals surface area contributed by atoms with Crippen molar-refractivity contribution in [3.8, 4) is 0 Å². The van der Waals surface area contributed by atoms with Gasteiger partial charge in [0.2, 0.25) is 10.0 Å². The van der Waals surface area contributed by atoms with Crippen molar-refractivity contribution in [3.05, 3.63) is 65.2 Å². The molecule has 0 amide bonds. The molecule has 0 unspecified atom stereocenters. The van der Waals surface area contributed by atoms with Crippen molar-refractivity contribution in [1.29, 1.82) is 0 Å². The number of halogens is 1. The van der Waals surface area contributed by atoms with E-state index >= 15 is 0 Å². The summed E-state index contributed by atoms with van der Waals surface area (Å²) in [4.78, 5) is 1.66. The van der Waals surface area contributed by atoms with Gasteiger partial charge >= 0.3 is 0 Å². The fourth-order valence-electron chi connectivity index (χ4n) is 3.27. The minimum Gasteiger partial charge on any atom is -0.337 e. The van der Waals surface area contributed by atoms with E-state index in [1.165, 1.54) is 22.6 Å². The second-order valence-electron chi connectivity index (χ2n) is 6.29. The van der Waals surface area contributed by atoms with Gasteiger partial charge in [-0.3, -0.25) is 0 Å². The Morgan fingerprint density at radius 2 is 1.68 bits per heavy atom. The van der Waals surface area contributed by atoms with Gasteiger partial charge in [-0.25, -0.2) is 13.1 Å². The maximum Gasteiger partial charge on any atom is 0.240 e. The first-order valence-corrected chi connectivity index (χ1v) is 10.4. The Morgan fingerprint density at radius 1 is 1.04 bits per heavy atom. The molecule has 2 aromatic carbocycles. The molecule has 0 bridgehead atoms. The van der Waals surface area contributed by atoms with Gasteiger partial charge in [-0.2, -0.15) is 0 Å². The zero-order chi connectivity index (χ0) is 17.7. The summed E-state index contributed by atoms with van der Waals surface area (Å²) in [5, 5.41) is 2.83. The molecule has 1 aliphatic heterocycles. The molecule has 0 aliphatic carbocycles. The number of sulfonamides is 1. The van der Waals surface area contributed by atoms with Gasteiger partial charge in [-0.1, -0.05) is 41.9 Å². The summed E-state index contributed by atoms with van der Waals surface area (Å²) in [6.45, 7) is 4.58. The Balaban J connectivity index is 1.77. The zero-order valence-corrected chi connectivity index (χ0v) is 15.6. The van der Waals surface area contributed by atoms with Crippen molar-refractivity contribution in [2.24, 2.45) is 0 Å². The molecular weight excluding hydrogens is 358 g/mol. The van der Waals surface area contributed by atoms with Crippen LogP contribution in [0, 0.1) is 0 Å². The SMILES string of the molecule is O=S(=O)(NC[C@@H](c1ccccc1)[NH+]1CC[NH2+]CC1)c1ccc(Cl)cc1. The van der Waals surface area contributed by atoms with Gasteiger partial charge in [-0.05, 0) is 24.3 Å². The lowest BCUT2D eigenvalue weighted by atomic mass is 10.0. The lowest BCUT2D eigenvalue weighted by Crippen LogP contribution is -3.21. The highest BCUT2D eigenvalue weighted by Crippen LogP contribution is 2.15. The van der Waals surface area contributed by atoms with Crippen LogP contribution in [-0.4, -0.2) is 41.1 Å². The minimum atomic E-state index is -3.55. The number of rotatable bonds is 6. The summed E-state index contributed by atoms with van der Waals surface area (Å²) in [6, 6.07) is 16.5. The molecule has 2 aromatic rings. The van der Waals surface area contributed by atoms with E-state index in [9.17, 15) is 8.42 Å². The standard InChI is InChI=1S/C18H22ClN3O2S/c19-16-6-8-17(9-7-16)25(23,24)21-14-18(15-4-2-1-3-5-15)22-12-10-20-11-13-22/h1-9,18,20-21H,10-14H2/p+2/t18-/m0/s1. The average Bonchev–Trinajstić information content (AvgIpc) is 2.64. The summed E-state index contributed by atoms with van der Waals surface area (Å²) < 4.78 is 28.0. The number of nitrogens with one attached hydrogen (secondary N) is 2. The molecule has 0 radical (unpaired) electrons. The molecule has 1 heterocycles. The van der Waals surface area contributed by atoms with Gasteiger partial charge in [0, 0.05) is 10.6 Å². The summed E-state index contributed by atoms with van der Waals surface area (Å²) in [7, 11) is -3.55. The molecule has 1 saturated heterocycles. The number of nitrogens with two attached hydrogens (primary N) is 1. The minimum absolute atomic E-state index is 0.108. The van der Waals surface area contributed by atoms with Crippen LogP contribution in [-0.2, 0) is 10.0 Å². The van der Waals surface area contributed by atoms with Gasteiger partial charge < -0.3 is 10.2 Å². The molecule has 134 valence electrons. The molecule has 1 atom stereocenters. The highest BCUT2D eigenvalue weighted by molar-refractivity contribution is 7.89. The van der Waals surface area contributed by atoms with Crippen LogP contribution < -0.4 is 14.9 Å². The quantitative estimate of drug-likeness (QED) is 0.650. The molecular formula is C18H24ClN3O2S+2. The van der Waals surface area contributed by atoms with Crippen molar-refractivity contribution in [1.82, 2.24) is 4.72 Å². The van der Waals surface area contributed by atoms with Crippen LogP contribution in [0.25, 0.3) is 0 Å². The van der Waals surface area contributed by atoms with Crippen LogP contribution in [0.3, 0.4) is 0 Å². The maximum atomic E-state index is 12.6. The molecule has 0 aromatic heterocycles. The summed E-state index contributed by atoms with van der Waals surface area (Å²) in [5.74, 6) is 0. The third-order valence-electron chi connectivity index (χ3n) is 4.64. The molecule has 1 fully saturated rings. The van der Waals surface area contributed by atoms with Gasteiger partial charge in [-0.15, -0.1) is 0 Å². The summed E-state index contributed by atoms with van der Waals surface area (Å²) in [5.41, 5.74) is 1.17. The smallest absolute Gasteiger partial charge is 0.240 e. The van der Waals surface area contributed by atoms with Crippen LogP contribution in [0.4, 0.5) is 0 Å². The van der Waals surface area contributed by atoms with Crippen molar-refractivity contribution in [2.45, 2.75) is 10.9 Å². The Kier molecular flexibility index (Phi) is 6.09. The van der Waals surface area contributed by atoms with E-state index < -0.39 is 10.0 Å². The van der Waals surface area contributed by atoms with Gasteiger partial charge in [0.05, 0.1) is 11.4 Å². The van der Waals surface area contributed by atoms with Crippen molar-refractivity contribution >= 4 is 21.6 Å². The molecule has 7 heteroatoms. The van der Waals surface area contributed by atoms with E-state index in [1.807, 2.05) is 18.2 Å². The number of benzene rings is 2. The number of piperazine rings is 1. The number of hydrogen-bond donors (Lipinski definition) is 3. The molecule has 5 nitrogen and oxygen atoms in total. The molecule has 0 saturated carbocycles. The van der Waals surface area contributed by atoms with Crippen LogP contribution in [0.2, 0.25) is 5.02 Å². The molecule has 0 spiro atoms. The third kappa shape index (κ3) is 4.80. The van der Waals surface area contributed by atoms with Crippen LogP contribution in [0.1, 0.15) is 11.6 Å². The predicted molar refractivity (Wildman–Crippen MR) is 98.2 cm³/mol. The Morgan fingerprint density at radius 3 is 2.32 bits per heavy atom. The summed E-state index contributed by atoms with van der Waals surface area (Å²) >= 11 is 5.85. The molecule has 4 N–H and O–H groups in total. The van der Waals surface area contributed by atoms with Gasteiger partial charge in [0.1, 0.15) is 32.2 Å². The van der Waals surface area contributed by atoms with Crippen LogP contribution in [0.5, 0.6) is 0 Å². The second-order valence-corrected chi connectivity index (χ2v) is 8.50. The van der Waals surface area contributed by atoms with Crippen molar-refractivity contribution < 1.29 is 18.6 Å². The van der Waals surface area contributed by atoms with Crippen molar-refractivity contribution in [3.63, 3.8) is 0 Å². The Labute approximate surface area is 154 Å². The van der Waals surface area contributed by atoms with E-state index in [1.54, 1.807) is 12.1 Å². The van der Waals surface area contributed by atoms with Crippen molar-refractivity contribution in [2.75, 3.05) is 32.7 Å². The predicted octanol–water partition coefficient (Wildman–Crippen LogP) is -0.178. The molecule has 3 rings (SSSR count). The van der Waals surface area contributed by atoms with Gasteiger partial charge in [0.25, 0.3) is 0 Å². The van der Waals surface area contributed by atoms with Crippen LogP contribution >= 0.6 is 11.6 Å². The van der Waals surface area contributed by atoms with E-state index in [-0.39, 0.29) is 10.9 Å². The highest BCUT2D eigenvalue weighted by atomic mass is 35.5. The lowest BCUT2D eigenvalue weighted by Gasteiger charge is -2.30. The van der Waals surface area contributed by atoms with E-state index in [2.05, 4.69) is 22.2 Å². The first-order valence-electron chi connectivity index (χ1n) is 8.53. The monoisotopic (exact) mass is 381 g/mol. The normalized spacial score (nSPS) is 17.3. The largest absolute Gasteiger partial charge is 0.337 e. The third-order valence-corrected chi connectivity index (χ3v) is 6.33. The molecule has 1 aliphatic rings. The fourth-order valence-corrected chi connectivity index (χ4v) is 4.44. The number of quaternary nitrogens is 2. The topological polar surface area (TPSA) is 67.2 Å². The van der Waals surface area contributed by atoms with E-state index in [0.29, 0.717) is 11.6 Å². The Bertz CT molecular complexity index is 776. The molecule has 25 heavy (non-hydrogen) atoms. The highest BCUT2D eigenvalue weighted by Gasteiger charge is 2.28. The number of hydrogen-bond acceptors (Lipinski definition) is 2. The summed E-state index contributed by atoms with van der Waals surface area (Å²) in [6.07, 6.45) is 0. The fraction of sp³-hybridized carbons (Fsp3) is 0.333. The van der Waals surface area contributed by atoms with E-state index in [0.717, 1.165) is 26.2 Å². The average molecular weight is 382 g/mol. The Hall–Kier alpha value is -1.44.